The molecular weight excluding hydrogens is 481 g/mol. The van der Waals surface area contributed by atoms with E-state index >= 15 is 0 Å². The topological polar surface area (TPSA) is 149 Å². The Kier molecular flexibility index (Phi) is 8.92. The smallest absolute Gasteiger partial charge is 0.407 e. The summed E-state index contributed by atoms with van der Waals surface area (Å²) in [4.78, 5) is 46.0. The molecule has 3 amide bonds. The van der Waals surface area contributed by atoms with Crippen LogP contribution in [-0.4, -0.2) is 57.5 Å². The van der Waals surface area contributed by atoms with Gasteiger partial charge in [0, 0.05) is 36.9 Å². The minimum Gasteiger partial charge on any atom is -0.465 e. The molecule has 194 valence electrons. The van der Waals surface area contributed by atoms with Gasteiger partial charge in [-0.2, -0.15) is 4.98 Å². The highest BCUT2D eigenvalue weighted by Crippen LogP contribution is 2.21. The van der Waals surface area contributed by atoms with Gasteiger partial charge in [0.15, 0.2) is 0 Å². The molecule has 3 aromatic rings. The van der Waals surface area contributed by atoms with Gasteiger partial charge in [-0.05, 0) is 49.7 Å². The van der Waals surface area contributed by atoms with Gasteiger partial charge in [0.1, 0.15) is 23.2 Å². The van der Waals surface area contributed by atoms with Gasteiger partial charge in [-0.25, -0.2) is 14.2 Å². The molecule has 2 aromatic carbocycles. The van der Waals surface area contributed by atoms with Crippen LogP contribution in [-0.2, 0) is 4.79 Å². The van der Waals surface area contributed by atoms with Crippen molar-refractivity contribution in [2.45, 2.75) is 26.3 Å². The molecule has 0 radical (unpaired) electrons. The van der Waals surface area contributed by atoms with Crippen molar-refractivity contribution in [3.63, 3.8) is 0 Å². The van der Waals surface area contributed by atoms with Gasteiger partial charge in [0.05, 0.1) is 0 Å². The second-order valence-electron chi connectivity index (χ2n) is 8.11. The Labute approximate surface area is 213 Å². The van der Waals surface area contributed by atoms with Crippen LogP contribution < -0.4 is 21.3 Å². The lowest BCUT2D eigenvalue weighted by Gasteiger charge is -2.21. The maximum atomic E-state index is 13.5. The summed E-state index contributed by atoms with van der Waals surface area (Å²) in [5.74, 6) is -0.936. The Morgan fingerprint density at radius 1 is 1.05 bits per heavy atom. The number of likely N-dealkylation sites (N-methyl/N-ethyl adjacent to an activating group) is 1. The summed E-state index contributed by atoms with van der Waals surface area (Å²) in [6, 6.07) is 11.4. The number of hydrogen-bond acceptors (Lipinski definition) is 7. The van der Waals surface area contributed by atoms with Crippen LogP contribution in [0, 0.1) is 5.82 Å². The highest BCUT2D eigenvalue weighted by Gasteiger charge is 2.22. The third-order valence-corrected chi connectivity index (χ3v) is 5.31. The molecule has 0 aliphatic rings. The molecule has 1 heterocycles. The number of carbonyl (C=O) groups is 3. The van der Waals surface area contributed by atoms with E-state index in [4.69, 9.17) is 5.11 Å². The molecule has 0 aliphatic heterocycles. The summed E-state index contributed by atoms with van der Waals surface area (Å²) in [7, 11) is 1.30. The Bertz CT molecular complexity index is 1290. The van der Waals surface area contributed by atoms with E-state index in [1.165, 1.54) is 32.3 Å². The molecule has 37 heavy (non-hydrogen) atoms. The number of hydrogen-bond donors (Lipinski definition) is 5. The number of aromatic nitrogens is 2. The van der Waals surface area contributed by atoms with Crippen LogP contribution >= 0.6 is 0 Å². The molecule has 5 N–H and O–H groups in total. The normalized spacial score (nSPS) is 11.2. The number of carbonyl (C=O) groups excluding carboxylic acids is 2. The lowest BCUT2D eigenvalue weighted by molar-refractivity contribution is -0.119. The van der Waals surface area contributed by atoms with Gasteiger partial charge in [0.25, 0.3) is 5.91 Å². The van der Waals surface area contributed by atoms with Gasteiger partial charge in [-0.3, -0.25) is 14.5 Å². The molecule has 3 rings (SSSR count). The molecule has 0 saturated heterocycles. The minimum absolute atomic E-state index is 0.185. The van der Waals surface area contributed by atoms with Crippen molar-refractivity contribution in [1.82, 2.24) is 14.9 Å². The van der Waals surface area contributed by atoms with Crippen LogP contribution in [0.5, 0.6) is 0 Å². The number of amides is 3. The summed E-state index contributed by atoms with van der Waals surface area (Å²) in [6.45, 7) is 3.99. The molecule has 0 saturated carbocycles. The maximum Gasteiger partial charge on any atom is 0.407 e. The van der Waals surface area contributed by atoms with Crippen LogP contribution in [0.3, 0.4) is 0 Å². The van der Waals surface area contributed by atoms with Crippen molar-refractivity contribution in [2.24, 2.45) is 0 Å². The summed E-state index contributed by atoms with van der Waals surface area (Å²) in [6.07, 6.45) is 0.918. The highest BCUT2D eigenvalue weighted by atomic mass is 19.1. The number of rotatable bonds is 10. The molecule has 0 fully saturated rings. The van der Waals surface area contributed by atoms with E-state index in [0.29, 0.717) is 29.4 Å². The second kappa shape index (κ2) is 12.3. The fourth-order valence-electron chi connectivity index (χ4n) is 3.14. The first-order valence-corrected chi connectivity index (χ1v) is 11.5. The van der Waals surface area contributed by atoms with Crippen molar-refractivity contribution in [2.75, 3.05) is 34.9 Å². The predicted molar refractivity (Wildman–Crippen MR) is 139 cm³/mol. The van der Waals surface area contributed by atoms with Crippen molar-refractivity contribution in [1.29, 1.82) is 0 Å². The van der Waals surface area contributed by atoms with Crippen LogP contribution in [0.25, 0.3) is 0 Å². The zero-order chi connectivity index (χ0) is 26.9. The number of carboxylic acid groups (broad SMARTS) is 1. The third kappa shape index (κ3) is 7.37. The fourth-order valence-corrected chi connectivity index (χ4v) is 3.14. The molecule has 1 unspecified atom stereocenters. The fraction of sp³-hybridized carbons (Fsp3) is 0.240. The van der Waals surface area contributed by atoms with E-state index in [1.54, 1.807) is 36.4 Å². The Hall–Kier alpha value is -4.74. The average molecular weight is 510 g/mol. The first-order chi connectivity index (χ1) is 17.7. The summed E-state index contributed by atoms with van der Waals surface area (Å²) in [5.41, 5.74) is 1.42. The van der Waals surface area contributed by atoms with Gasteiger partial charge in [-0.1, -0.05) is 19.1 Å². The SMILES string of the molecule is CCCNc1nc(Nc2cccc(F)c2)ncc1C(=O)Nc1cccc(NC(=O)C(C)N(C)C(=O)O)c1. The largest absolute Gasteiger partial charge is 0.465 e. The Morgan fingerprint density at radius 3 is 2.41 bits per heavy atom. The van der Waals surface area contributed by atoms with Crippen LogP contribution in [0.4, 0.5) is 38.0 Å². The van der Waals surface area contributed by atoms with E-state index < -0.39 is 29.8 Å². The first kappa shape index (κ1) is 26.9. The lowest BCUT2D eigenvalue weighted by Crippen LogP contribution is -2.42. The average Bonchev–Trinajstić information content (AvgIpc) is 2.86. The van der Waals surface area contributed by atoms with E-state index in [-0.39, 0.29) is 11.5 Å². The summed E-state index contributed by atoms with van der Waals surface area (Å²) >= 11 is 0. The zero-order valence-corrected chi connectivity index (χ0v) is 20.6. The lowest BCUT2D eigenvalue weighted by atomic mass is 10.2. The third-order valence-electron chi connectivity index (χ3n) is 5.31. The molecule has 11 nitrogen and oxygen atoms in total. The molecule has 1 aromatic heterocycles. The molecule has 1 atom stereocenters. The molecule has 0 spiro atoms. The first-order valence-electron chi connectivity index (χ1n) is 11.5. The number of nitrogens with zero attached hydrogens (tertiary/aromatic N) is 3. The second-order valence-corrected chi connectivity index (χ2v) is 8.11. The predicted octanol–water partition coefficient (Wildman–Crippen LogP) is 4.37. The van der Waals surface area contributed by atoms with E-state index in [1.807, 2.05) is 6.92 Å². The number of nitrogens with one attached hydrogen (secondary N) is 4. The minimum atomic E-state index is -1.23. The van der Waals surface area contributed by atoms with Gasteiger partial charge >= 0.3 is 6.09 Å². The molecule has 12 heteroatoms. The van der Waals surface area contributed by atoms with Crippen LogP contribution in [0.2, 0.25) is 0 Å². The van der Waals surface area contributed by atoms with Crippen molar-refractivity contribution >= 4 is 46.7 Å². The highest BCUT2D eigenvalue weighted by molar-refractivity contribution is 6.07. The standard InChI is InChI=1S/C25H28FN7O4/c1-4-11-27-21-20(14-28-24(32-21)31-17-8-5-7-16(26)12-17)23(35)30-19-10-6-9-18(13-19)29-22(34)15(2)33(3)25(36)37/h5-10,12-15H,4,11H2,1-3H3,(H,29,34)(H,30,35)(H,36,37)(H2,27,28,31,32). The summed E-state index contributed by atoms with van der Waals surface area (Å²) < 4.78 is 13.5. The monoisotopic (exact) mass is 509 g/mol. The summed E-state index contributed by atoms with van der Waals surface area (Å²) in [5, 5.41) is 20.5. The van der Waals surface area contributed by atoms with Gasteiger partial charge in [-0.15, -0.1) is 0 Å². The van der Waals surface area contributed by atoms with Crippen LogP contribution in [0.1, 0.15) is 30.6 Å². The molecule has 0 bridgehead atoms. The number of halogens is 1. The maximum absolute atomic E-state index is 13.5. The van der Waals surface area contributed by atoms with Crippen molar-refractivity contribution < 1.29 is 23.9 Å². The van der Waals surface area contributed by atoms with E-state index in [9.17, 15) is 18.8 Å². The van der Waals surface area contributed by atoms with Gasteiger partial charge < -0.3 is 26.4 Å². The molecule has 0 aliphatic carbocycles. The van der Waals surface area contributed by atoms with Gasteiger partial charge in [0.2, 0.25) is 11.9 Å². The number of anilines is 5. The number of benzene rings is 2. The quantitative estimate of drug-likeness (QED) is 0.271. The Balaban J connectivity index is 1.75. The van der Waals surface area contributed by atoms with E-state index in [2.05, 4.69) is 31.2 Å². The molecular formula is C25H28FN7O4. The van der Waals surface area contributed by atoms with Crippen molar-refractivity contribution in [3.8, 4) is 0 Å². The Morgan fingerprint density at radius 2 is 1.73 bits per heavy atom. The van der Waals surface area contributed by atoms with E-state index in [0.717, 1.165) is 11.3 Å². The van der Waals surface area contributed by atoms with Crippen molar-refractivity contribution in [3.05, 3.63) is 66.1 Å². The van der Waals surface area contributed by atoms with Crippen LogP contribution in [0.15, 0.2) is 54.7 Å². The zero-order valence-electron chi connectivity index (χ0n) is 20.6.